The number of rotatable bonds is 3. The third-order valence-corrected chi connectivity index (χ3v) is 2.56. The molecule has 0 spiro atoms. The van der Waals surface area contributed by atoms with Gasteiger partial charge in [0.15, 0.2) is 0 Å². The maximum absolute atomic E-state index is 10.7. The number of amides is 1. The van der Waals surface area contributed by atoms with Gasteiger partial charge in [0.25, 0.3) is 5.91 Å². The normalized spacial score (nSPS) is 9.91. The highest BCUT2D eigenvalue weighted by Gasteiger charge is 2.03. The molecule has 0 aliphatic heterocycles. The molecule has 1 heterocycles. The quantitative estimate of drug-likeness (QED) is 0.736. The zero-order chi connectivity index (χ0) is 8.27. The maximum Gasteiger partial charge on any atom is 0.258 e. The number of hydrogen-bond acceptors (Lipinski definition) is 2. The van der Waals surface area contributed by atoms with E-state index in [1.54, 1.807) is 6.07 Å². The molecule has 1 aromatic heterocycles. The molecule has 11 heavy (non-hydrogen) atoms. The van der Waals surface area contributed by atoms with E-state index in [4.69, 9.17) is 5.73 Å². The van der Waals surface area contributed by atoms with Gasteiger partial charge in [-0.15, -0.1) is 11.3 Å². The summed E-state index contributed by atoms with van der Waals surface area (Å²) in [5, 5.41) is 0. The molecule has 2 nitrogen and oxygen atoms in total. The highest BCUT2D eigenvalue weighted by Crippen LogP contribution is 2.16. The van der Waals surface area contributed by atoms with Gasteiger partial charge in [-0.1, -0.05) is 13.3 Å². The summed E-state index contributed by atoms with van der Waals surface area (Å²) < 4.78 is 0. The Hall–Kier alpha value is -0.830. The fourth-order valence-corrected chi connectivity index (χ4v) is 1.85. The van der Waals surface area contributed by atoms with Gasteiger partial charge >= 0.3 is 0 Å². The second-order valence-electron chi connectivity index (χ2n) is 2.38. The third kappa shape index (κ3) is 2.05. The van der Waals surface area contributed by atoms with Crippen molar-refractivity contribution in [2.75, 3.05) is 0 Å². The molecule has 1 aromatic rings. The van der Waals surface area contributed by atoms with Crippen LogP contribution in [0.3, 0.4) is 0 Å². The smallest absolute Gasteiger partial charge is 0.258 e. The zero-order valence-corrected chi connectivity index (χ0v) is 7.28. The first kappa shape index (κ1) is 8.27. The van der Waals surface area contributed by atoms with Gasteiger partial charge in [0.2, 0.25) is 0 Å². The first-order chi connectivity index (χ1) is 5.24. The van der Waals surface area contributed by atoms with Gasteiger partial charge in [-0.05, 0) is 18.6 Å². The number of carbonyl (C=O) groups is 1. The van der Waals surface area contributed by atoms with E-state index in [-0.39, 0.29) is 5.91 Å². The van der Waals surface area contributed by atoms with Gasteiger partial charge in [-0.3, -0.25) is 4.79 Å². The summed E-state index contributed by atoms with van der Waals surface area (Å²) >= 11 is 1.49. The van der Waals surface area contributed by atoms with Gasteiger partial charge in [0.1, 0.15) is 0 Å². The van der Waals surface area contributed by atoms with Crippen molar-refractivity contribution in [1.29, 1.82) is 0 Å². The average Bonchev–Trinajstić information content (AvgIpc) is 2.37. The Labute approximate surface area is 70.0 Å². The van der Waals surface area contributed by atoms with Gasteiger partial charge in [-0.2, -0.15) is 0 Å². The molecule has 0 saturated carbocycles. The Morgan fingerprint density at radius 1 is 1.64 bits per heavy atom. The number of aryl methyl sites for hydroxylation is 1. The molecular weight excluding hydrogens is 158 g/mol. The lowest BCUT2D eigenvalue weighted by Gasteiger charge is -1.88. The summed E-state index contributed by atoms with van der Waals surface area (Å²) in [5.74, 6) is -0.322. The molecule has 1 amide bonds. The second kappa shape index (κ2) is 3.53. The summed E-state index contributed by atoms with van der Waals surface area (Å²) in [5.41, 5.74) is 5.09. The summed E-state index contributed by atoms with van der Waals surface area (Å²) in [7, 11) is 0. The molecule has 0 radical (unpaired) electrons. The molecule has 60 valence electrons. The van der Waals surface area contributed by atoms with E-state index in [1.165, 1.54) is 16.2 Å². The van der Waals surface area contributed by atoms with Crippen molar-refractivity contribution in [2.45, 2.75) is 19.8 Å². The van der Waals surface area contributed by atoms with Gasteiger partial charge in [0.05, 0.1) is 4.88 Å². The predicted molar refractivity (Wildman–Crippen MR) is 46.8 cm³/mol. The Bertz CT molecular complexity index is 254. The van der Waals surface area contributed by atoms with Crippen LogP contribution in [0, 0.1) is 0 Å². The number of primary amides is 1. The standard InChI is InChI=1S/C8H11NOS/c1-2-3-6-4-5-7(11-6)8(9)10/h4-5H,2-3H2,1H3,(H2,9,10). The molecule has 0 fully saturated rings. The molecule has 0 aliphatic rings. The molecule has 0 unspecified atom stereocenters. The minimum Gasteiger partial charge on any atom is -0.365 e. The molecule has 0 atom stereocenters. The van der Waals surface area contributed by atoms with Crippen molar-refractivity contribution in [2.24, 2.45) is 5.73 Å². The predicted octanol–water partition coefficient (Wildman–Crippen LogP) is 1.80. The monoisotopic (exact) mass is 169 g/mol. The lowest BCUT2D eigenvalue weighted by molar-refractivity contribution is 0.100. The van der Waals surface area contributed by atoms with E-state index in [1.807, 2.05) is 6.07 Å². The summed E-state index contributed by atoms with van der Waals surface area (Å²) in [6.45, 7) is 2.11. The van der Waals surface area contributed by atoms with Crippen LogP contribution in [-0.2, 0) is 6.42 Å². The Morgan fingerprint density at radius 3 is 2.82 bits per heavy atom. The SMILES string of the molecule is CCCc1ccc(C(N)=O)s1. The van der Waals surface area contributed by atoms with Crippen LogP contribution in [0.5, 0.6) is 0 Å². The molecule has 0 aromatic carbocycles. The molecular formula is C8H11NOS. The average molecular weight is 169 g/mol. The minimum atomic E-state index is -0.322. The highest BCUT2D eigenvalue weighted by molar-refractivity contribution is 7.14. The molecule has 0 aliphatic carbocycles. The molecule has 2 N–H and O–H groups in total. The first-order valence-electron chi connectivity index (χ1n) is 3.62. The van der Waals surface area contributed by atoms with Crippen LogP contribution in [0.4, 0.5) is 0 Å². The van der Waals surface area contributed by atoms with Crippen molar-refractivity contribution in [3.8, 4) is 0 Å². The van der Waals surface area contributed by atoms with Gasteiger partial charge in [0, 0.05) is 4.88 Å². The number of hydrogen-bond donors (Lipinski definition) is 1. The fraction of sp³-hybridized carbons (Fsp3) is 0.375. The Balaban J connectivity index is 2.73. The van der Waals surface area contributed by atoms with E-state index >= 15 is 0 Å². The topological polar surface area (TPSA) is 43.1 Å². The second-order valence-corrected chi connectivity index (χ2v) is 3.55. The zero-order valence-electron chi connectivity index (χ0n) is 6.46. The number of thiophene rings is 1. The summed E-state index contributed by atoms with van der Waals surface area (Å²) in [6.07, 6.45) is 2.15. The highest BCUT2D eigenvalue weighted by atomic mass is 32.1. The summed E-state index contributed by atoms with van der Waals surface area (Å²) in [4.78, 5) is 12.5. The lowest BCUT2D eigenvalue weighted by atomic mass is 10.3. The molecule has 1 rings (SSSR count). The van der Waals surface area contributed by atoms with Crippen LogP contribution in [0.15, 0.2) is 12.1 Å². The van der Waals surface area contributed by atoms with Crippen LogP contribution in [0.1, 0.15) is 27.9 Å². The minimum absolute atomic E-state index is 0.322. The van der Waals surface area contributed by atoms with E-state index in [0.717, 1.165) is 12.8 Å². The van der Waals surface area contributed by atoms with Crippen LogP contribution < -0.4 is 5.73 Å². The van der Waals surface area contributed by atoms with Crippen LogP contribution in [0.2, 0.25) is 0 Å². The first-order valence-corrected chi connectivity index (χ1v) is 4.44. The Morgan fingerprint density at radius 2 is 2.36 bits per heavy atom. The van der Waals surface area contributed by atoms with Crippen molar-refractivity contribution in [3.05, 3.63) is 21.9 Å². The van der Waals surface area contributed by atoms with E-state index in [9.17, 15) is 4.79 Å². The maximum atomic E-state index is 10.7. The van der Waals surface area contributed by atoms with Crippen molar-refractivity contribution in [1.82, 2.24) is 0 Å². The lowest BCUT2D eigenvalue weighted by Crippen LogP contribution is -2.08. The third-order valence-electron chi connectivity index (χ3n) is 1.40. The van der Waals surface area contributed by atoms with E-state index in [0.29, 0.717) is 4.88 Å². The van der Waals surface area contributed by atoms with Gasteiger partial charge < -0.3 is 5.73 Å². The van der Waals surface area contributed by atoms with Crippen molar-refractivity contribution >= 4 is 17.2 Å². The largest absolute Gasteiger partial charge is 0.365 e. The van der Waals surface area contributed by atoms with Crippen LogP contribution in [0.25, 0.3) is 0 Å². The van der Waals surface area contributed by atoms with E-state index in [2.05, 4.69) is 6.92 Å². The number of nitrogens with two attached hydrogens (primary N) is 1. The molecule has 0 saturated heterocycles. The van der Waals surface area contributed by atoms with E-state index < -0.39 is 0 Å². The summed E-state index contributed by atoms with van der Waals surface area (Å²) in [6, 6.07) is 3.76. The Kier molecular flexibility index (Phi) is 2.65. The van der Waals surface area contributed by atoms with Crippen molar-refractivity contribution in [3.63, 3.8) is 0 Å². The van der Waals surface area contributed by atoms with Gasteiger partial charge in [-0.25, -0.2) is 0 Å². The molecule has 0 bridgehead atoms. The van der Waals surface area contributed by atoms with Crippen molar-refractivity contribution < 1.29 is 4.79 Å². The fourth-order valence-electron chi connectivity index (χ4n) is 0.891. The molecule has 3 heteroatoms. The van der Waals surface area contributed by atoms with Crippen LogP contribution >= 0.6 is 11.3 Å². The number of carbonyl (C=O) groups excluding carboxylic acids is 1. The van der Waals surface area contributed by atoms with Crippen LogP contribution in [-0.4, -0.2) is 5.91 Å².